The van der Waals surface area contributed by atoms with E-state index >= 15 is 0 Å². The summed E-state index contributed by atoms with van der Waals surface area (Å²) in [5.74, 6) is -1.32. The molecule has 1 aliphatic heterocycles. The Bertz CT molecular complexity index is 396. The van der Waals surface area contributed by atoms with Gasteiger partial charge in [-0.3, -0.25) is 4.79 Å². The molecule has 1 saturated heterocycles. The molecule has 0 unspecified atom stereocenters. The van der Waals surface area contributed by atoms with E-state index in [-0.39, 0.29) is 11.8 Å². The average Bonchev–Trinajstić information content (AvgIpc) is 2.08. The maximum atomic E-state index is 12.9. The van der Waals surface area contributed by atoms with Gasteiger partial charge in [0.25, 0.3) is 0 Å². The molecule has 5 heteroatoms. The molecule has 0 saturated carbocycles. The SMILES string of the molecule is NC(=O)CC1CN(c2cc(F)cc(F)c2)C1. The van der Waals surface area contributed by atoms with Gasteiger partial charge < -0.3 is 10.6 Å². The smallest absolute Gasteiger partial charge is 0.217 e. The lowest BCUT2D eigenvalue weighted by Crippen LogP contribution is -2.48. The summed E-state index contributed by atoms with van der Waals surface area (Å²) in [5, 5.41) is 0. The topological polar surface area (TPSA) is 46.3 Å². The molecule has 2 N–H and O–H groups in total. The Kier molecular flexibility index (Phi) is 2.77. The van der Waals surface area contributed by atoms with E-state index in [2.05, 4.69) is 0 Å². The van der Waals surface area contributed by atoms with E-state index in [1.807, 2.05) is 4.90 Å². The first-order valence-electron chi connectivity index (χ1n) is 5.04. The number of anilines is 1. The number of halogens is 2. The molecule has 2 rings (SSSR count). The highest BCUT2D eigenvalue weighted by Gasteiger charge is 2.28. The van der Waals surface area contributed by atoms with Crippen molar-refractivity contribution in [3.05, 3.63) is 29.8 Å². The van der Waals surface area contributed by atoms with Crippen molar-refractivity contribution >= 4 is 11.6 Å². The van der Waals surface area contributed by atoms with Crippen LogP contribution in [0.1, 0.15) is 6.42 Å². The number of nitrogens with zero attached hydrogens (tertiary/aromatic N) is 1. The van der Waals surface area contributed by atoms with Crippen LogP contribution in [0.2, 0.25) is 0 Å². The summed E-state index contributed by atoms with van der Waals surface area (Å²) in [6, 6.07) is 3.40. The van der Waals surface area contributed by atoms with Crippen LogP contribution in [0.3, 0.4) is 0 Å². The van der Waals surface area contributed by atoms with Gasteiger partial charge >= 0.3 is 0 Å². The predicted octanol–water partition coefficient (Wildman–Crippen LogP) is 1.28. The van der Waals surface area contributed by atoms with Crippen LogP contribution in [0.25, 0.3) is 0 Å². The number of carbonyl (C=O) groups is 1. The van der Waals surface area contributed by atoms with Crippen LogP contribution in [0.5, 0.6) is 0 Å². The van der Waals surface area contributed by atoms with Crippen molar-refractivity contribution in [2.45, 2.75) is 6.42 Å². The van der Waals surface area contributed by atoms with E-state index in [1.54, 1.807) is 0 Å². The molecule has 16 heavy (non-hydrogen) atoms. The number of rotatable bonds is 3. The van der Waals surface area contributed by atoms with Crippen molar-refractivity contribution in [2.75, 3.05) is 18.0 Å². The number of hydrogen-bond donors (Lipinski definition) is 1. The number of nitrogens with two attached hydrogens (primary N) is 1. The fraction of sp³-hybridized carbons (Fsp3) is 0.364. The van der Waals surface area contributed by atoms with E-state index in [1.165, 1.54) is 12.1 Å². The summed E-state index contributed by atoms with van der Waals surface area (Å²) in [4.78, 5) is 12.5. The van der Waals surface area contributed by atoms with Gasteiger partial charge in [0.15, 0.2) is 0 Å². The second kappa shape index (κ2) is 4.08. The largest absolute Gasteiger partial charge is 0.371 e. The molecule has 1 aromatic carbocycles. The summed E-state index contributed by atoms with van der Waals surface area (Å²) in [6.45, 7) is 1.23. The van der Waals surface area contributed by atoms with Crippen LogP contribution < -0.4 is 10.6 Å². The Morgan fingerprint density at radius 3 is 2.38 bits per heavy atom. The molecule has 1 aromatic rings. The van der Waals surface area contributed by atoms with Crippen molar-refractivity contribution in [1.82, 2.24) is 0 Å². The van der Waals surface area contributed by atoms with Gasteiger partial charge in [-0.05, 0) is 12.1 Å². The maximum absolute atomic E-state index is 12.9. The number of benzene rings is 1. The van der Waals surface area contributed by atoms with Crippen LogP contribution in [-0.4, -0.2) is 19.0 Å². The van der Waals surface area contributed by atoms with Gasteiger partial charge in [-0.25, -0.2) is 8.78 Å². The van der Waals surface area contributed by atoms with Crippen molar-refractivity contribution in [3.63, 3.8) is 0 Å². The zero-order chi connectivity index (χ0) is 11.7. The Morgan fingerprint density at radius 1 is 1.31 bits per heavy atom. The quantitative estimate of drug-likeness (QED) is 0.843. The first-order valence-corrected chi connectivity index (χ1v) is 5.04. The van der Waals surface area contributed by atoms with Crippen LogP contribution in [0.4, 0.5) is 14.5 Å². The Morgan fingerprint density at radius 2 is 1.88 bits per heavy atom. The lowest BCUT2D eigenvalue weighted by molar-refractivity contribution is -0.119. The van der Waals surface area contributed by atoms with Crippen LogP contribution in [-0.2, 0) is 4.79 Å². The van der Waals surface area contributed by atoms with E-state index in [9.17, 15) is 13.6 Å². The minimum Gasteiger partial charge on any atom is -0.371 e. The highest BCUT2D eigenvalue weighted by atomic mass is 19.1. The third kappa shape index (κ3) is 2.29. The van der Waals surface area contributed by atoms with E-state index < -0.39 is 11.6 Å². The molecule has 1 heterocycles. The molecule has 0 radical (unpaired) electrons. The molecule has 0 aliphatic carbocycles. The van der Waals surface area contributed by atoms with Gasteiger partial charge in [0.2, 0.25) is 5.91 Å². The minimum atomic E-state index is -0.589. The van der Waals surface area contributed by atoms with Crippen molar-refractivity contribution in [2.24, 2.45) is 11.7 Å². The van der Waals surface area contributed by atoms with Crippen molar-refractivity contribution in [1.29, 1.82) is 0 Å². The van der Waals surface area contributed by atoms with Gasteiger partial charge in [0.05, 0.1) is 0 Å². The van der Waals surface area contributed by atoms with E-state index in [4.69, 9.17) is 5.73 Å². The molecule has 0 aromatic heterocycles. The molecule has 1 fully saturated rings. The normalized spacial score (nSPS) is 16.0. The molecule has 1 aliphatic rings. The molecule has 0 bridgehead atoms. The van der Waals surface area contributed by atoms with Gasteiger partial charge in [0, 0.05) is 37.2 Å². The highest BCUT2D eigenvalue weighted by molar-refractivity contribution is 5.74. The molecule has 86 valence electrons. The maximum Gasteiger partial charge on any atom is 0.217 e. The molecule has 0 atom stereocenters. The predicted molar refractivity (Wildman–Crippen MR) is 55.9 cm³/mol. The Labute approximate surface area is 91.8 Å². The lowest BCUT2D eigenvalue weighted by Gasteiger charge is -2.40. The third-order valence-electron chi connectivity index (χ3n) is 2.66. The summed E-state index contributed by atoms with van der Waals surface area (Å²) >= 11 is 0. The van der Waals surface area contributed by atoms with E-state index in [0.29, 0.717) is 25.2 Å². The van der Waals surface area contributed by atoms with Gasteiger partial charge in [-0.2, -0.15) is 0 Å². The summed E-state index contributed by atoms with van der Waals surface area (Å²) in [6.07, 6.45) is 0.328. The van der Waals surface area contributed by atoms with Gasteiger partial charge in [-0.15, -0.1) is 0 Å². The first kappa shape index (κ1) is 10.9. The number of primary amides is 1. The lowest BCUT2D eigenvalue weighted by atomic mass is 9.95. The fourth-order valence-electron chi connectivity index (χ4n) is 1.92. The summed E-state index contributed by atoms with van der Waals surface area (Å²) < 4.78 is 25.8. The van der Waals surface area contributed by atoms with Gasteiger partial charge in [-0.1, -0.05) is 0 Å². The van der Waals surface area contributed by atoms with Gasteiger partial charge in [0.1, 0.15) is 11.6 Å². The molecule has 3 nitrogen and oxygen atoms in total. The second-order valence-electron chi connectivity index (χ2n) is 4.07. The first-order chi connectivity index (χ1) is 7.54. The molecule has 0 spiro atoms. The van der Waals surface area contributed by atoms with E-state index in [0.717, 1.165) is 6.07 Å². The van der Waals surface area contributed by atoms with Crippen molar-refractivity contribution in [3.8, 4) is 0 Å². The zero-order valence-electron chi connectivity index (χ0n) is 8.62. The molecule has 1 amide bonds. The molecular formula is C11H12F2N2O. The number of amides is 1. The van der Waals surface area contributed by atoms with Crippen LogP contribution in [0, 0.1) is 17.6 Å². The van der Waals surface area contributed by atoms with Crippen LogP contribution in [0.15, 0.2) is 18.2 Å². The molecular weight excluding hydrogens is 214 g/mol. The Hall–Kier alpha value is -1.65. The minimum absolute atomic E-state index is 0.198. The Balaban J connectivity index is 1.98. The fourth-order valence-corrected chi connectivity index (χ4v) is 1.92. The second-order valence-corrected chi connectivity index (χ2v) is 4.07. The number of carbonyl (C=O) groups excluding carboxylic acids is 1. The zero-order valence-corrected chi connectivity index (χ0v) is 8.62. The van der Waals surface area contributed by atoms with Crippen LogP contribution >= 0.6 is 0 Å². The average molecular weight is 226 g/mol. The van der Waals surface area contributed by atoms with Crippen molar-refractivity contribution < 1.29 is 13.6 Å². The highest BCUT2D eigenvalue weighted by Crippen LogP contribution is 2.27. The monoisotopic (exact) mass is 226 g/mol. The third-order valence-corrected chi connectivity index (χ3v) is 2.66. The number of hydrogen-bond acceptors (Lipinski definition) is 2. The summed E-state index contributed by atoms with van der Waals surface area (Å²) in [7, 11) is 0. The summed E-state index contributed by atoms with van der Waals surface area (Å²) in [5.41, 5.74) is 5.57. The standard InChI is InChI=1S/C11H12F2N2O/c12-8-2-9(13)4-10(3-8)15-5-7(6-15)1-11(14)16/h2-4,7H,1,5-6H2,(H2,14,16).